The third-order valence-corrected chi connectivity index (χ3v) is 4.97. The van der Waals surface area contributed by atoms with Crippen molar-refractivity contribution in [2.24, 2.45) is 0 Å². The van der Waals surface area contributed by atoms with Gasteiger partial charge in [0.05, 0.1) is 22.4 Å². The molecule has 0 saturated heterocycles. The monoisotopic (exact) mass is 390 g/mol. The Bertz CT molecular complexity index is 1350. The highest BCUT2D eigenvalue weighted by Gasteiger charge is 2.35. The number of hydrogen-bond donors (Lipinski definition) is 0. The summed E-state index contributed by atoms with van der Waals surface area (Å²) in [4.78, 5) is 28.2. The molecular formula is C17H9F3N4O2S. The van der Waals surface area contributed by atoms with Gasteiger partial charge in [0.15, 0.2) is 0 Å². The van der Waals surface area contributed by atoms with E-state index in [0.717, 1.165) is 26.5 Å². The second kappa shape index (κ2) is 5.85. The lowest BCUT2D eigenvalue weighted by Crippen LogP contribution is -2.25. The summed E-state index contributed by atoms with van der Waals surface area (Å²) in [5, 5.41) is 0. The summed E-state index contributed by atoms with van der Waals surface area (Å²) in [5.74, 6) is 2.20. The Balaban J connectivity index is 2.04. The van der Waals surface area contributed by atoms with Crippen molar-refractivity contribution < 1.29 is 13.2 Å². The number of rotatable bonds is 2. The molecule has 0 unspecified atom stereocenters. The lowest BCUT2D eigenvalue weighted by molar-refractivity contribution is -0.142. The molecule has 4 rings (SSSR count). The van der Waals surface area contributed by atoms with Crippen LogP contribution >= 0.6 is 11.3 Å². The van der Waals surface area contributed by atoms with Crippen molar-refractivity contribution >= 4 is 27.3 Å². The van der Waals surface area contributed by atoms with Gasteiger partial charge in [-0.05, 0) is 18.2 Å². The largest absolute Gasteiger partial charge is 0.432 e. The van der Waals surface area contributed by atoms with Crippen LogP contribution in [0.2, 0.25) is 0 Å². The number of fused-ring (bicyclic) bond motifs is 2. The van der Waals surface area contributed by atoms with Crippen molar-refractivity contribution in [1.82, 2.24) is 18.5 Å². The minimum absolute atomic E-state index is 0.0446. The third-order valence-electron chi connectivity index (χ3n) is 4.01. The number of hydrogen-bond acceptors (Lipinski definition) is 4. The van der Waals surface area contributed by atoms with Gasteiger partial charge in [0.25, 0.3) is 5.56 Å². The maximum absolute atomic E-state index is 13.2. The molecule has 0 atom stereocenters. The molecule has 136 valence electrons. The summed E-state index contributed by atoms with van der Waals surface area (Å²) in [6, 6.07) is 5.21. The van der Waals surface area contributed by atoms with Crippen LogP contribution in [0.3, 0.4) is 0 Å². The fraction of sp³-hybridized carbons (Fsp3) is 0.118. The fourth-order valence-corrected chi connectivity index (χ4v) is 3.76. The summed E-state index contributed by atoms with van der Waals surface area (Å²) in [7, 11) is 0. The van der Waals surface area contributed by atoms with Gasteiger partial charge in [-0.1, -0.05) is 17.3 Å². The number of thiazole rings is 1. The van der Waals surface area contributed by atoms with Crippen LogP contribution in [-0.4, -0.2) is 18.5 Å². The SMILES string of the molecule is C#CCn1c(=O)sc2ccc(-n3c(=O)cc(C(F)(F)F)n4ccnc34)cc21. The molecule has 0 aliphatic heterocycles. The van der Waals surface area contributed by atoms with E-state index in [1.54, 1.807) is 12.1 Å². The first-order valence-corrected chi connectivity index (χ1v) is 8.36. The molecule has 0 radical (unpaired) electrons. The Morgan fingerprint density at radius 1 is 1.22 bits per heavy atom. The van der Waals surface area contributed by atoms with E-state index in [1.807, 2.05) is 0 Å². The van der Waals surface area contributed by atoms with Crippen molar-refractivity contribution in [3.8, 4) is 18.0 Å². The zero-order valence-corrected chi connectivity index (χ0v) is 14.2. The van der Waals surface area contributed by atoms with E-state index in [9.17, 15) is 22.8 Å². The number of nitrogens with zero attached hydrogens (tertiary/aromatic N) is 4. The quantitative estimate of drug-likeness (QED) is 0.494. The molecule has 0 amide bonds. The first kappa shape index (κ1) is 17.1. The maximum Gasteiger partial charge on any atom is 0.432 e. The molecule has 3 heterocycles. The van der Waals surface area contributed by atoms with Crippen LogP contribution in [0.5, 0.6) is 0 Å². The van der Waals surface area contributed by atoms with Crippen molar-refractivity contribution in [3.05, 3.63) is 62.4 Å². The number of aromatic nitrogens is 4. The normalized spacial score (nSPS) is 11.9. The van der Waals surface area contributed by atoms with Crippen LogP contribution in [0, 0.1) is 12.3 Å². The van der Waals surface area contributed by atoms with Gasteiger partial charge in [-0.15, -0.1) is 6.42 Å². The Morgan fingerprint density at radius 3 is 2.70 bits per heavy atom. The van der Waals surface area contributed by atoms with Crippen molar-refractivity contribution in [3.63, 3.8) is 0 Å². The second-order valence-corrected chi connectivity index (χ2v) is 6.60. The predicted molar refractivity (Wildman–Crippen MR) is 94.3 cm³/mol. The van der Waals surface area contributed by atoms with Crippen LogP contribution < -0.4 is 10.4 Å². The summed E-state index contributed by atoms with van der Waals surface area (Å²) in [5.41, 5.74) is -1.23. The number of benzene rings is 1. The summed E-state index contributed by atoms with van der Waals surface area (Å²) >= 11 is 0.993. The fourth-order valence-electron chi connectivity index (χ4n) is 2.89. The molecule has 4 aromatic rings. The first-order chi connectivity index (χ1) is 12.8. The van der Waals surface area contributed by atoms with Crippen LogP contribution in [0.1, 0.15) is 5.69 Å². The van der Waals surface area contributed by atoms with Crippen molar-refractivity contribution in [2.45, 2.75) is 12.7 Å². The van der Waals surface area contributed by atoms with E-state index in [-0.39, 0.29) is 22.9 Å². The predicted octanol–water partition coefficient (Wildman–Crippen LogP) is 2.51. The molecule has 0 bridgehead atoms. The molecule has 0 aliphatic carbocycles. The smallest absolute Gasteiger partial charge is 0.287 e. The average Bonchev–Trinajstić information content (AvgIpc) is 3.18. The molecule has 0 fully saturated rings. The molecule has 0 aliphatic rings. The average molecular weight is 390 g/mol. The molecule has 3 aromatic heterocycles. The lowest BCUT2D eigenvalue weighted by Gasteiger charge is -2.13. The van der Waals surface area contributed by atoms with E-state index in [1.165, 1.54) is 16.8 Å². The zero-order valence-electron chi connectivity index (χ0n) is 13.4. The molecule has 0 spiro atoms. The maximum atomic E-state index is 13.2. The molecular weight excluding hydrogens is 381 g/mol. The molecule has 6 nitrogen and oxygen atoms in total. The van der Waals surface area contributed by atoms with E-state index in [0.29, 0.717) is 16.3 Å². The third kappa shape index (κ3) is 2.63. The van der Waals surface area contributed by atoms with Crippen molar-refractivity contribution in [1.29, 1.82) is 0 Å². The number of alkyl halides is 3. The topological polar surface area (TPSA) is 61.3 Å². The second-order valence-electron chi connectivity index (χ2n) is 5.61. The van der Waals surface area contributed by atoms with Gasteiger partial charge in [-0.25, -0.2) is 9.55 Å². The Morgan fingerprint density at radius 2 is 2.00 bits per heavy atom. The van der Waals surface area contributed by atoms with Gasteiger partial charge in [0, 0.05) is 18.5 Å². The van der Waals surface area contributed by atoms with Gasteiger partial charge in [-0.3, -0.25) is 18.6 Å². The van der Waals surface area contributed by atoms with E-state index in [2.05, 4.69) is 10.9 Å². The standard InChI is InChI=1S/C17H9F3N4O2S/c1-2-6-22-11-8-10(3-4-12(11)27-16(22)26)24-14(25)9-13(17(18,19)20)23-7-5-21-15(23)24/h1,3-5,7-9H,6H2. The minimum Gasteiger partial charge on any atom is -0.287 e. The molecule has 0 saturated carbocycles. The van der Waals surface area contributed by atoms with Gasteiger partial charge >= 0.3 is 11.0 Å². The Kier molecular flexibility index (Phi) is 3.71. The zero-order chi connectivity index (χ0) is 19.3. The lowest BCUT2D eigenvalue weighted by atomic mass is 10.2. The molecule has 0 N–H and O–H groups in total. The van der Waals surface area contributed by atoms with Crippen LogP contribution in [0.4, 0.5) is 13.2 Å². The molecule has 27 heavy (non-hydrogen) atoms. The summed E-state index contributed by atoms with van der Waals surface area (Å²) in [6.07, 6.45) is 2.89. The Labute approximate surface area is 152 Å². The number of imidazole rings is 1. The highest BCUT2D eigenvalue weighted by Crippen LogP contribution is 2.29. The Hall–Kier alpha value is -3.32. The van der Waals surface area contributed by atoms with E-state index in [4.69, 9.17) is 6.42 Å². The van der Waals surface area contributed by atoms with Gasteiger partial charge in [0.1, 0.15) is 5.69 Å². The van der Waals surface area contributed by atoms with Crippen LogP contribution in [0.15, 0.2) is 46.2 Å². The number of halogens is 3. The summed E-state index contributed by atoms with van der Waals surface area (Å²) < 4.78 is 43.5. The molecule has 1 aromatic carbocycles. The minimum atomic E-state index is -4.71. The van der Waals surface area contributed by atoms with Gasteiger partial charge in [0.2, 0.25) is 5.78 Å². The highest BCUT2D eigenvalue weighted by atomic mass is 32.1. The first-order valence-electron chi connectivity index (χ1n) is 7.55. The van der Waals surface area contributed by atoms with Gasteiger partial charge < -0.3 is 0 Å². The molecule has 10 heteroatoms. The van der Waals surface area contributed by atoms with E-state index >= 15 is 0 Å². The van der Waals surface area contributed by atoms with Gasteiger partial charge in [-0.2, -0.15) is 13.2 Å². The van der Waals surface area contributed by atoms with Crippen LogP contribution in [-0.2, 0) is 12.7 Å². The number of terminal acetylenes is 1. The van der Waals surface area contributed by atoms with E-state index < -0.39 is 17.4 Å². The summed E-state index contributed by atoms with van der Waals surface area (Å²) in [6.45, 7) is 0.0446. The van der Waals surface area contributed by atoms with Crippen LogP contribution in [0.25, 0.3) is 21.7 Å². The van der Waals surface area contributed by atoms with Crippen molar-refractivity contribution in [2.75, 3.05) is 0 Å². The highest BCUT2D eigenvalue weighted by molar-refractivity contribution is 7.16.